The Bertz CT molecular complexity index is 305. The molecule has 0 N–H and O–H groups in total. The van der Waals surface area contributed by atoms with Crippen LogP contribution < -0.4 is 0 Å². The number of hydrogen-bond donors (Lipinski definition) is 0. The second kappa shape index (κ2) is 7.84. The highest BCUT2D eigenvalue weighted by Gasteiger charge is 2.22. The third kappa shape index (κ3) is 5.80. The fourth-order valence-electron chi connectivity index (χ4n) is 2.01. The molecule has 1 fully saturated rings. The molecule has 0 unspecified atom stereocenters. The first kappa shape index (κ1) is 14.7. The first-order chi connectivity index (χ1) is 8.59. The van der Waals surface area contributed by atoms with E-state index in [9.17, 15) is 14.4 Å². The quantitative estimate of drug-likeness (QED) is 0.410. The fourth-order valence-corrected chi connectivity index (χ4v) is 2.01. The summed E-state index contributed by atoms with van der Waals surface area (Å²) in [7, 11) is 0. The van der Waals surface area contributed by atoms with Crippen LogP contribution >= 0.6 is 0 Å². The molecular formula is C13H20O5. The van der Waals surface area contributed by atoms with Crippen LogP contribution in [0.1, 0.15) is 45.4 Å². The predicted octanol–water partition coefficient (Wildman–Crippen LogP) is 1.63. The molecule has 18 heavy (non-hydrogen) atoms. The number of carbonyl (C=O) groups is 3. The van der Waals surface area contributed by atoms with E-state index in [1.54, 1.807) is 0 Å². The molecule has 0 aromatic carbocycles. The predicted molar refractivity (Wildman–Crippen MR) is 63.8 cm³/mol. The van der Waals surface area contributed by atoms with Gasteiger partial charge in [0.2, 0.25) is 0 Å². The summed E-state index contributed by atoms with van der Waals surface area (Å²) in [5, 5.41) is 0. The molecule has 1 saturated carbocycles. The van der Waals surface area contributed by atoms with Crippen molar-refractivity contribution in [1.82, 2.24) is 0 Å². The van der Waals surface area contributed by atoms with E-state index in [1.165, 1.54) is 13.3 Å². The number of Topliss-reactive ketones (excluding diaryl/α,β-unsaturated/α-hetero) is 1. The molecule has 0 aliphatic heterocycles. The van der Waals surface area contributed by atoms with Crippen molar-refractivity contribution in [3.63, 3.8) is 0 Å². The maximum Gasteiger partial charge on any atom is 0.313 e. The summed E-state index contributed by atoms with van der Waals surface area (Å²) in [6, 6.07) is 0. The molecular weight excluding hydrogens is 236 g/mol. The van der Waals surface area contributed by atoms with E-state index in [-0.39, 0.29) is 37.3 Å². The maximum absolute atomic E-state index is 11.6. The highest BCUT2D eigenvalue weighted by molar-refractivity contribution is 5.94. The molecule has 1 rings (SSSR count). The summed E-state index contributed by atoms with van der Waals surface area (Å²) in [6.45, 7) is 1.41. The molecule has 0 saturated heterocycles. The fraction of sp³-hybridized carbons (Fsp3) is 0.769. The zero-order valence-corrected chi connectivity index (χ0v) is 10.8. The maximum atomic E-state index is 11.6. The van der Waals surface area contributed by atoms with Gasteiger partial charge in [0, 0.05) is 0 Å². The molecule has 1 aliphatic rings. The summed E-state index contributed by atoms with van der Waals surface area (Å²) in [6.07, 6.45) is 4.90. The molecule has 0 atom stereocenters. The first-order valence-electron chi connectivity index (χ1n) is 6.41. The van der Waals surface area contributed by atoms with E-state index in [1.807, 2.05) is 0 Å². The summed E-state index contributed by atoms with van der Waals surface area (Å²) >= 11 is 0. The molecule has 0 heterocycles. The van der Waals surface area contributed by atoms with E-state index in [4.69, 9.17) is 9.47 Å². The van der Waals surface area contributed by atoms with Gasteiger partial charge in [0.05, 0.1) is 5.92 Å². The van der Waals surface area contributed by atoms with Gasteiger partial charge in [0.25, 0.3) is 0 Å². The van der Waals surface area contributed by atoms with E-state index in [0.29, 0.717) is 0 Å². The summed E-state index contributed by atoms with van der Waals surface area (Å²) in [5.74, 6) is -1.00. The Morgan fingerprint density at radius 2 is 1.61 bits per heavy atom. The Labute approximate surface area is 107 Å². The Morgan fingerprint density at radius 1 is 1.00 bits per heavy atom. The van der Waals surface area contributed by atoms with Crippen molar-refractivity contribution in [2.24, 2.45) is 5.92 Å². The highest BCUT2D eigenvalue weighted by atomic mass is 16.6. The minimum Gasteiger partial charge on any atom is -0.462 e. The zero-order valence-electron chi connectivity index (χ0n) is 10.8. The Balaban J connectivity index is 2.08. The smallest absolute Gasteiger partial charge is 0.313 e. The van der Waals surface area contributed by atoms with Crippen molar-refractivity contribution in [3.8, 4) is 0 Å². The van der Waals surface area contributed by atoms with Crippen LogP contribution in [0.25, 0.3) is 0 Å². The zero-order chi connectivity index (χ0) is 13.4. The normalized spacial score (nSPS) is 16.1. The average Bonchev–Trinajstić information content (AvgIpc) is 2.34. The van der Waals surface area contributed by atoms with Gasteiger partial charge < -0.3 is 9.47 Å². The lowest BCUT2D eigenvalue weighted by Crippen LogP contribution is -2.22. The Hall–Kier alpha value is -1.39. The van der Waals surface area contributed by atoms with Gasteiger partial charge in [0.15, 0.2) is 0 Å². The minimum absolute atomic E-state index is 0.00618. The van der Waals surface area contributed by atoms with Gasteiger partial charge in [-0.15, -0.1) is 0 Å². The van der Waals surface area contributed by atoms with Crippen molar-refractivity contribution >= 4 is 17.7 Å². The topological polar surface area (TPSA) is 69.7 Å². The van der Waals surface area contributed by atoms with Crippen molar-refractivity contribution in [2.45, 2.75) is 45.4 Å². The average molecular weight is 256 g/mol. The second-order valence-electron chi connectivity index (χ2n) is 4.60. The molecule has 102 valence electrons. The van der Waals surface area contributed by atoms with Crippen LogP contribution in [0.5, 0.6) is 0 Å². The molecule has 1 aliphatic carbocycles. The second-order valence-corrected chi connectivity index (χ2v) is 4.60. The third-order valence-electron chi connectivity index (χ3n) is 2.92. The largest absolute Gasteiger partial charge is 0.462 e. The molecule has 5 nitrogen and oxygen atoms in total. The minimum atomic E-state index is -0.573. The Kier molecular flexibility index (Phi) is 6.39. The molecule has 0 radical (unpaired) electrons. The Morgan fingerprint density at radius 3 is 2.22 bits per heavy atom. The standard InChI is InChI=1S/C13H20O5/c1-10(14)9-12(15)17-7-8-18-13(16)11-5-3-2-4-6-11/h11H,2-9H2,1H3. The van der Waals surface area contributed by atoms with Crippen molar-refractivity contribution in [1.29, 1.82) is 0 Å². The van der Waals surface area contributed by atoms with Crippen LogP contribution in [0.2, 0.25) is 0 Å². The van der Waals surface area contributed by atoms with Crippen LogP contribution in [0.3, 0.4) is 0 Å². The van der Waals surface area contributed by atoms with E-state index >= 15 is 0 Å². The summed E-state index contributed by atoms with van der Waals surface area (Å²) in [4.78, 5) is 33.2. The SMILES string of the molecule is CC(=O)CC(=O)OCCOC(=O)C1CCCCC1. The van der Waals surface area contributed by atoms with Gasteiger partial charge in [-0.2, -0.15) is 0 Å². The summed E-state index contributed by atoms with van der Waals surface area (Å²) in [5.41, 5.74) is 0. The van der Waals surface area contributed by atoms with Crippen molar-refractivity contribution in [3.05, 3.63) is 0 Å². The third-order valence-corrected chi connectivity index (χ3v) is 2.92. The van der Waals surface area contributed by atoms with Crippen LogP contribution in [0, 0.1) is 5.92 Å². The molecule has 0 amide bonds. The van der Waals surface area contributed by atoms with Crippen LogP contribution in [0.4, 0.5) is 0 Å². The van der Waals surface area contributed by atoms with Crippen molar-refractivity contribution in [2.75, 3.05) is 13.2 Å². The monoisotopic (exact) mass is 256 g/mol. The van der Waals surface area contributed by atoms with Gasteiger partial charge in [-0.05, 0) is 19.8 Å². The van der Waals surface area contributed by atoms with Gasteiger partial charge in [-0.3, -0.25) is 14.4 Å². The molecule has 0 spiro atoms. The summed E-state index contributed by atoms with van der Waals surface area (Å²) < 4.78 is 9.79. The van der Waals surface area contributed by atoms with Crippen LogP contribution in [0.15, 0.2) is 0 Å². The number of carbonyl (C=O) groups excluding carboxylic acids is 3. The lowest BCUT2D eigenvalue weighted by molar-refractivity contribution is -0.156. The van der Waals surface area contributed by atoms with Gasteiger partial charge >= 0.3 is 11.9 Å². The number of hydrogen-bond acceptors (Lipinski definition) is 5. The number of ketones is 1. The molecule has 0 bridgehead atoms. The van der Waals surface area contributed by atoms with E-state index in [0.717, 1.165) is 25.7 Å². The molecule has 0 aromatic rings. The van der Waals surface area contributed by atoms with Crippen LogP contribution in [-0.4, -0.2) is 30.9 Å². The molecule has 0 aromatic heterocycles. The number of esters is 2. The van der Waals surface area contributed by atoms with Crippen molar-refractivity contribution < 1.29 is 23.9 Å². The molecule has 5 heteroatoms. The first-order valence-corrected chi connectivity index (χ1v) is 6.41. The number of rotatable bonds is 6. The lowest BCUT2D eigenvalue weighted by atomic mass is 9.89. The van der Waals surface area contributed by atoms with E-state index in [2.05, 4.69) is 0 Å². The highest BCUT2D eigenvalue weighted by Crippen LogP contribution is 2.24. The lowest BCUT2D eigenvalue weighted by Gasteiger charge is -2.19. The van der Waals surface area contributed by atoms with Gasteiger partial charge in [0.1, 0.15) is 25.4 Å². The van der Waals surface area contributed by atoms with Crippen LogP contribution in [-0.2, 0) is 23.9 Å². The van der Waals surface area contributed by atoms with Gasteiger partial charge in [-0.25, -0.2) is 0 Å². The van der Waals surface area contributed by atoms with E-state index < -0.39 is 5.97 Å². The van der Waals surface area contributed by atoms with Gasteiger partial charge in [-0.1, -0.05) is 19.3 Å². The number of ether oxygens (including phenoxy) is 2.